The fraction of sp³-hybridized carbons (Fsp3) is 0.364. The highest BCUT2D eigenvalue weighted by atomic mass is 16.2. The van der Waals surface area contributed by atoms with Gasteiger partial charge in [-0.3, -0.25) is 14.3 Å². The molecular formula is C22H27N5O2. The van der Waals surface area contributed by atoms with Crippen molar-refractivity contribution in [3.63, 3.8) is 0 Å². The van der Waals surface area contributed by atoms with Crippen LogP contribution in [-0.4, -0.2) is 32.6 Å². The number of carbonyl (C=O) groups excluding carboxylic acids is 2. The molecular weight excluding hydrogens is 366 g/mol. The standard InChI is InChI=1S/C22H27N5O2/c1-13-18-11-17(12-23-19(18)27(6)26-13)25-20(28)14(2)24-21(29)15-7-9-16(10-8-15)22(3,4)5/h7-12,14H,1-6H3,(H,24,29)(H,25,28). The van der Waals surface area contributed by atoms with Crippen LogP contribution in [0.25, 0.3) is 11.0 Å². The quantitative estimate of drug-likeness (QED) is 0.712. The van der Waals surface area contributed by atoms with Gasteiger partial charge in [0.2, 0.25) is 5.91 Å². The molecule has 152 valence electrons. The van der Waals surface area contributed by atoms with Crippen molar-refractivity contribution >= 4 is 28.5 Å². The number of carbonyl (C=O) groups is 2. The van der Waals surface area contributed by atoms with Crippen molar-refractivity contribution in [1.29, 1.82) is 0 Å². The first kappa shape index (κ1) is 20.5. The average Bonchev–Trinajstić information content (AvgIpc) is 2.94. The summed E-state index contributed by atoms with van der Waals surface area (Å²) >= 11 is 0. The Morgan fingerprint density at radius 1 is 1.14 bits per heavy atom. The zero-order chi connectivity index (χ0) is 21.3. The van der Waals surface area contributed by atoms with Crippen molar-refractivity contribution < 1.29 is 9.59 Å². The van der Waals surface area contributed by atoms with E-state index in [1.165, 1.54) is 0 Å². The van der Waals surface area contributed by atoms with Crippen LogP contribution in [0, 0.1) is 6.92 Å². The smallest absolute Gasteiger partial charge is 0.251 e. The molecule has 0 bridgehead atoms. The summed E-state index contributed by atoms with van der Waals surface area (Å²) in [4.78, 5) is 29.3. The van der Waals surface area contributed by atoms with E-state index >= 15 is 0 Å². The van der Waals surface area contributed by atoms with Gasteiger partial charge in [-0.1, -0.05) is 32.9 Å². The number of rotatable bonds is 4. The Balaban J connectivity index is 1.66. The highest BCUT2D eigenvalue weighted by molar-refractivity contribution is 6.01. The van der Waals surface area contributed by atoms with Crippen LogP contribution in [0.2, 0.25) is 0 Å². The number of nitrogens with one attached hydrogen (secondary N) is 2. The Labute approximate surface area is 170 Å². The first-order valence-corrected chi connectivity index (χ1v) is 9.58. The van der Waals surface area contributed by atoms with Gasteiger partial charge in [-0.05, 0) is 43.0 Å². The Morgan fingerprint density at radius 3 is 2.41 bits per heavy atom. The average molecular weight is 393 g/mol. The molecule has 0 fully saturated rings. The lowest BCUT2D eigenvalue weighted by molar-refractivity contribution is -0.117. The predicted octanol–water partition coefficient (Wildman–Crippen LogP) is 3.33. The third kappa shape index (κ3) is 4.45. The molecule has 2 heterocycles. The van der Waals surface area contributed by atoms with Crippen LogP contribution in [-0.2, 0) is 17.3 Å². The molecule has 0 radical (unpaired) electrons. The third-order valence-corrected chi connectivity index (χ3v) is 4.88. The molecule has 2 aromatic heterocycles. The minimum atomic E-state index is -0.699. The maximum atomic E-state index is 12.5. The van der Waals surface area contributed by atoms with E-state index in [9.17, 15) is 9.59 Å². The summed E-state index contributed by atoms with van der Waals surface area (Å²) in [6, 6.07) is 8.58. The van der Waals surface area contributed by atoms with Gasteiger partial charge in [0, 0.05) is 18.0 Å². The van der Waals surface area contributed by atoms with Crippen LogP contribution in [0.5, 0.6) is 0 Å². The highest BCUT2D eigenvalue weighted by Gasteiger charge is 2.19. The van der Waals surface area contributed by atoms with Gasteiger partial charge in [-0.25, -0.2) is 4.98 Å². The predicted molar refractivity (Wildman–Crippen MR) is 114 cm³/mol. The molecule has 0 aliphatic carbocycles. The molecule has 0 aliphatic rings. The fourth-order valence-electron chi connectivity index (χ4n) is 3.09. The SMILES string of the molecule is Cc1nn(C)c2ncc(NC(=O)C(C)NC(=O)c3ccc(C(C)(C)C)cc3)cc12. The number of benzene rings is 1. The number of hydrogen-bond acceptors (Lipinski definition) is 4. The molecule has 1 unspecified atom stereocenters. The van der Waals surface area contributed by atoms with Crippen LogP contribution in [0.1, 0.15) is 49.3 Å². The molecule has 2 amide bonds. The second-order valence-electron chi connectivity index (χ2n) is 8.32. The number of fused-ring (bicyclic) bond motifs is 1. The van der Waals surface area contributed by atoms with Crippen LogP contribution >= 0.6 is 0 Å². The Bertz CT molecular complexity index is 1060. The van der Waals surface area contributed by atoms with Crippen LogP contribution < -0.4 is 10.6 Å². The van der Waals surface area contributed by atoms with Gasteiger partial charge in [0.15, 0.2) is 5.65 Å². The number of aromatic nitrogens is 3. The van der Waals surface area contributed by atoms with E-state index in [4.69, 9.17) is 0 Å². The van der Waals surface area contributed by atoms with Crippen LogP contribution in [0.15, 0.2) is 36.5 Å². The van der Waals surface area contributed by atoms with Crippen LogP contribution in [0.3, 0.4) is 0 Å². The van der Waals surface area contributed by atoms with E-state index in [1.807, 2.05) is 32.2 Å². The summed E-state index contributed by atoms with van der Waals surface area (Å²) in [5.41, 5.74) is 3.84. The van der Waals surface area contributed by atoms with Gasteiger partial charge >= 0.3 is 0 Å². The number of hydrogen-bond donors (Lipinski definition) is 2. The second kappa shape index (κ2) is 7.66. The van der Waals surface area contributed by atoms with E-state index in [2.05, 4.69) is 41.5 Å². The lowest BCUT2D eigenvalue weighted by atomic mass is 9.86. The normalized spacial score (nSPS) is 12.6. The van der Waals surface area contributed by atoms with Crippen molar-refractivity contribution in [1.82, 2.24) is 20.1 Å². The first-order chi connectivity index (χ1) is 13.6. The lowest BCUT2D eigenvalue weighted by Gasteiger charge is -2.19. The summed E-state index contributed by atoms with van der Waals surface area (Å²) in [6.07, 6.45) is 1.58. The first-order valence-electron chi connectivity index (χ1n) is 9.58. The van der Waals surface area contributed by atoms with Gasteiger partial charge in [0.25, 0.3) is 5.91 Å². The topological polar surface area (TPSA) is 88.9 Å². The Hall–Kier alpha value is -3.22. The van der Waals surface area contributed by atoms with Crippen molar-refractivity contribution in [2.45, 2.75) is 46.1 Å². The summed E-state index contributed by atoms with van der Waals surface area (Å²) in [6.45, 7) is 9.90. The minimum Gasteiger partial charge on any atom is -0.341 e. The molecule has 29 heavy (non-hydrogen) atoms. The van der Waals surface area contributed by atoms with Gasteiger partial charge < -0.3 is 10.6 Å². The van der Waals surface area contributed by atoms with Gasteiger partial charge in [-0.15, -0.1) is 0 Å². The molecule has 0 saturated carbocycles. The van der Waals surface area contributed by atoms with E-state index in [0.717, 1.165) is 22.3 Å². The second-order valence-corrected chi connectivity index (χ2v) is 8.32. The molecule has 2 N–H and O–H groups in total. The maximum Gasteiger partial charge on any atom is 0.251 e. The van der Waals surface area contributed by atoms with Crippen molar-refractivity contribution in [2.24, 2.45) is 7.05 Å². The lowest BCUT2D eigenvalue weighted by Crippen LogP contribution is -2.41. The fourth-order valence-corrected chi connectivity index (χ4v) is 3.09. The number of aryl methyl sites for hydroxylation is 2. The third-order valence-electron chi connectivity index (χ3n) is 4.88. The summed E-state index contributed by atoms with van der Waals surface area (Å²) < 4.78 is 1.70. The largest absolute Gasteiger partial charge is 0.341 e. The maximum absolute atomic E-state index is 12.5. The van der Waals surface area contributed by atoms with Gasteiger partial charge in [0.05, 0.1) is 17.6 Å². The molecule has 0 saturated heterocycles. The molecule has 0 spiro atoms. The summed E-state index contributed by atoms with van der Waals surface area (Å²) in [7, 11) is 1.83. The molecule has 3 rings (SSSR count). The van der Waals surface area contributed by atoms with E-state index in [0.29, 0.717) is 11.3 Å². The molecule has 3 aromatic rings. The van der Waals surface area contributed by atoms with E-state index < -0.39 is 6.04 Å². The molecule has 1 atom stereocenters. The molecule has 7 heteroatoms. The number of amides is 2. The number of anilines is 1. The van der Waals surface area contributed by atoms with Crippen molar-refractivity contribution in [3.8, 4) is 0 Å². The zero-order valence-corrected chi connectivity index (χ0v) is 17.7. The Morgan fingerprint density at radius 2 is 1.79 bits per heavy atom. The highest BCUT2D eigenvalue weighted by Crippen LogP contribution is 2.22. The van der Waals surface area contributed by atoms with Crippen molar-refractivity contribution in [3.05, 3.63) is 53.3 Å². The van der Waals surface area contributed by atoms with Gasteiger partial charge in [0.1, 0.15) is 6.04 Å². The van der Waals surface area contributed by atoms with E-state index in [-0.39, 0.29) is 17.2 Å². The monoisotopic (exact) mass is 393 g/mol. The van der Waals surface area contributed by atoms with Gasteiger partial charge in [-0.2, -0.15) is 5.10 Å². The summed E-state index contributed by atoms with van der Waals surface area (Å²) in [5, 5.41) is 10.7. The number of nitrogens with zero attached hydrogens (tertiary/aromatic N) is 3. The van der Waals surface area contributed by atoms with Crippen LogP contribution in [0.4, 0.5) is 5.69 Å². The zero-order valence-electron chi connectivity index (χ0n) is 17.7. The minimum absolute atomic E-state index is 0.0178. The summed E-state index contributed by atoms with van der Waals surface area (Å²) in [5.74, 6) is -0.600. The molecule has 1 aromatic carbocycles. The molecule has 7 nitrogen and oxygen atoms in total. The number of pyridine rings is 1. The molecule has 0 aliphatic heterocycles. The van der Waals surface area contributed by atoms with Crippen molar-refractivity contribution in [2.75, 3.05) is 5.32 Å². The van der Waals surface area contributed by atoms with E-state index in [1.54, 1.807) is 29.9 Å². The Kier molecular flexibility index (Phi) is 5.42.